The first-order valence-corrected chi connectivity index (χ1v) is 10.3. The molecule has 31 heavy (non-hydrogen) atoms. The molecule has 0 radical (unpaired) electrons. The summed E-state index contributed by atoms with van der Waals surface area (Å²) in [5.74, 6) is 0.428. The van der Waals surface area contributed by atoms with Gasteiger partial charge in [0.1, 0.15) is 6.61 Å². The summed E-state index contributed by atoms with van der Waals surface area (Å²) in [4.78, 5) is 24.5. The molecular weight excluding hydrogens is 443 g/mol. The zero-order valence-corrected chi connectivity index (χ0v) is 18.8. The summed E-state index contributed by atoms with van der Waals surface area (Å²) in [6.45, 7) is 2.10. The third-order valence-electron chi connectivity index (χ3n) is 4.81. The van der Waals surface area contributed by atoms with Gasteiger partial charge in [-0.3, -0.25) is 0 Å². The van der Waals surface area contributed by atoms with Crippen LogP contribution in [0.2, 0.25) is 10.0 Å². The Morgan fingerprint density at radius 1 is 1.06 bits per heavy atom. The second-order valence-corrected chi connectivity index (χ2v) is 7.53. The van der Waals surface area contributed by atoms with E-state index in [0.717, 1.165) is 5.56 Å². The molecule has 1 aliphatic rings. The highest BCUT2D eigenvalue weighted by Crippen LogP contribution is 2.35. The molecule has 2 amide bonds. The SMILES string of the molecule is CCC1=C(C(=O)OC)C(c2ccc(OCc3ccc(Cl)c(Cl)c3)c(OC)c2)NC(=O)N1. The molecule has 0 saturated heterocycles. The summed E-state index contributed by atoms with van der Waals surface area (Å²) in [6.07, 6.45) is 0.469. The van der Waals surface area contributed by atoms with Crippen LogP contribution in [0, 0.1) is 0 Å². The van der Waals surface area contributed by atoms with Crippen LogP contribution < -0.4 is 20.1 Å². The van der Waals surface area contributed by atoms with Crippen molar-refractivity contribution in [2.45, 2.75) is 26.0 Å². The van der Waals surface area contributed by atoms with Gasteiger partial charge in [0.05, 0.1) is 35.9 Å². The molecule has 2 N–H and O–H groups in total. The van der Waals surface area contributed by atoms with Gasteiger partial charge in [-0.15, -0.1) is 0 Å². The lowest BCUT2D eigenvalue weighted by atomic mass is 9.94. The summed E-state index contributed by atoms with van der Waals surface area (Å²) >= 11 is 12.0. The molecule has 0 bridgehead atoms. The van der Waals surface area contributed by atoms with E-state index in [1.807, 2.05) is 13.0 Å². The van der Waals surface area contributed by atoms with Crippen LogP contribution in [0.15, 0.2) is 47.7 Å². The van der Waals surface area contributed by atoms with Crippen LogP contribution >= 0.6 is 23.2 Å². The van der Waals surface area contributed by atoms with Gasteiger partial charge < -0.3 is 24.8 Å². The second-order valence-electron chi connectivity index (χ2n) is 6.72. The third-order valence-corrected chi connectivity index (χ3v) is 5.55. The molecule has 3 rings (SSSR count). The fraction of sp³-hybridized carbons (Fsp3) is 0.273. The van der Waals surface area contributed by atoms with Gasteiger partial charge in [-0.2, -0.15) is 0 Å². The minimum atomic E-state index is -0.686. The standard InChI is InChI=1S/C22H22Cl2N2O5/c1-4-16-19(21(27)30-3)20(26-22(28)25-16)13-6-8-17(18(10-13)29-2)31-11-12-5-7-14(23)15(24)9-12/h5-10,20H,4,11H2,1-3H3,(H2,25,26,28). The number of allylic oxidation sites excluding steroid dienone is 1. The number of halogens is 2. The van der Waals surface area contributed by atoms with E-state index < -0.39 is 18.0 Å². The van der Waals surface area contributed by atoms with E-state index in [4.69, 9.17) is 37.4 Å². The van der Waals surface area contributed by atoms with E-state index in [-0.39, 0.29) is 6.61 Å². The Kier molecular flexibility index (Phi) is 7.30. The Labute approximate surface area is 190 Å². The number of carbonyl (C=O) groups is 2. The number of hydrogen-bond donors (Lipinski definition) is 2. The monoisotopic (exact) mass is 464 g/mol. The average Bonchev–Trinajstić information content (AvgIpc) is 2.78. The maximum absolute atomic E-state index is 12.4. The van der Waals surface area contributed by atoms with Crippen molar-refractivity contribution in [1.82, 2.24) is 10.6 Å². The Bertz CT molecular complexity index is 1040. The summed E-state index contributed by atoms with van der Waals surface area (Å²) in [5, 5.41) is 6.36. The topological polar surface area (TPSA) is 85.9 Å². The third kappa shape index (κ3) is 5.06. The van der Waals surface area contributed by atoms with Crippen molar-refractivity contribution in [3.8, 4) is 11.5 Å². The van der Waals surface area contributed by atoms with Crippen LogP contribution in [0.25, 0.3) is 0 Å². The molecule has 2 aromatic carbocycles. The average molecular weight is 465 g/mol. The Morgan fingerprint density at radius 2 is 1.84 bits per heavy atom. The maximum Gasteiger partial charge on any atom is 0.337 e. The van der Waals surface area contributed by atoms with Crippen LogP contribution in [0.4, 0.5) is 4.79 Å². The van der Waals surface area contributed by atoms with E-state index in [9.17, 15) is 9.59 Å². The lowest BCUT2D eigenvalue weighted by molar-refractivity contribution is -0.136. The van der Waals surface area contributed by atoms with Crippen molar-refractivity contribution < 1.29 is 23.8 Å². The van der Waals surface area contributed by atoms with Gasteiger partial charge in [0.25, 0.3) is 0 Å². The highest BCUT2D eigenvalue weighted by atomic mass is 35.5. The van der Waals surface area contributed by atoms with Gasteiger partial charge in [-0.25, -0.2) is 9.59 Å². The van der Waals surface area contributed by atoms with Crippen LogP contribution in [-0.2, 0) is 16.1 Å². The molecule has 1 heterocycles. The number of rotatable bonds is 7. The molecule has 0 aromatic heterocycles. The number of benzene rings is 2. The van der Waals surface area contributed by atoms with Crippen LogP contribution in [0.5, 0.6) is 11.5 Å². The molecule has 164 valence electrons. The molecule has 0 saturated carbocycles. The molecule has 0 aliphatic carbocycles. The molecule has 0 fully saturated rings. The number of esters is 1. The molecule has 1 unspecified atom stereocenters. The molecule has 9 heteroatoms. The summed E-state index contributed by atoms with van der Waals surface area (Å²) in [5.41, 5.74) is 2.35. The van der Waals surface area contributed by atoms with Crippen molar-refractivity contribution in [3.05, 3.63) is 68.8 Å². The largest absolute Gasteiger partial charge is 0.493 e. The minimum Gasteiger partial charge on any atom is -0.493 e. The number of hydrogen-bond acceptors (Lipinski definition) is 5. The van der Waals surface area contributed by atoms with E-state index in [0.29, 0.717) is 44.8 Å². The maximum atomic E-state index is 12.4. The zero-order valence-electron chi connectivity index (χ0n) is 17.3. The summed E-state index contributed by atoms with van der Waals surface area (Å²) < 4.78 is 16.3. The van der Waals surface area contributed by atoms with Crippen molar-refractivity contribution in [3.63, 3.8) is 0 Å². The van der Waals surface area contributed by atoms with Gasteiger partial charge in [-0.1, -0.05) is 42.3 Å². The number of urea groups is 1. The van der Waals surface area contributed by atoms with Crippen molar-refractivity contribution in [2.75, 3.05) is 14.2 Å². The lowest BCUT2D eigenvalue weighted by Gasteiger charge is -2.29. The Hall–Kier alpha value is -2.90. The van der Waals surface area contributed by atoms with Crippen molar-refractivity contribution in [1.29, 1.82) is 0 Å². The molecule has 1 aliphatic heterocycles. The van der Waals surface area contributed by atoms with Crippen LogP contribution in [-0.4, -0.2) is 26.2 Å². The molecule has 7 nitrogen and oxygen atoms in total. The predicted molar refractivity (Wildman–Crippen MR) is 118 cm³/mol. The van der Waals surface area contributed by atoms with E-state index in [1.165, 1.54) is 14.2 Å². The number of methoxy groups -OCH3 is 2. The normalized spacial score (nSPS) is 15.8. The van der Waals surface area contributed by atoms with E-state index >= 15 is 0 Å². The first kappa shape index (κ1) is 22.8. The number of amides is 2. The number of nitrogens with one attached hydrogen (secondary N) is 2. The van der Waals surface area contributed by atoms with Gasteiger partial charge >= 0.3 is 12.0 Å². The lowest BCUT2D eigenvalue weighted by Crippen LogP contribution is -2.45. The first-order chi connectivity index (χ1) is 14.9. The van der Waals surface area contributed by atoms with Crippen LogP contribution in [0.3, 0.4) is 0 Å². The predicted octanol–water partition coefficient (Wildman–Crippen LogP) is 4.77. The summed E-state index contributed by atoms with van der Waals surface area (Å²) in [6, 6.07) is 9.38. The van der Waals surface area contributed by atoms with Gasteiger partial charge in [-0.05, 0) is 41.8 Å². The fourth-order valence-electron chi connectivity index (χ4n) is 3.27. The number of ether oxygens (including phenoxy) is 3. The van der Waals surface area contributed by atoms with Crippen molar-refractivity contribution >= 4 is 35.2 Å². The highest BCUT2D eigenvalue weighted by molar-refractivity contribution is 6.42. The first-order valence-electron chi connectivity index (χ1n) is 9.51. The Balaban J connectivity index is 1.89. The smallest absolute Gasteiger partial charge is 0.337 e. The zero-order chi connectivity index (χ0) is 22.5. The molecule has 2 aromatic rings. The van der Waals surface area contributed by atoms with Crippen molar-refractivity contribution in [2.24, 2.45) is 0 Å². The molecule has 0 spiro atoms. The Morgan fingerprint density at radius 3 is 2.48 bits per heavy atom. The van der Waals surface area contributed by atoms with Gasteiger partial charge in [0.15, 0.2) is 11.5 Å². The molecule has 1 atom stereocenters. The van der Waals surface area contributed by atoms with Crippen LogP contribution in [0.1, 0.15) is 30.5 Å². The second kappa shape index (κ2) is 9.94. The number of carbonyl (C=O) groups excluding carboxylic acids is 2. The highest BCUT2D eigenvalue weighted by Gasteiger charge is 2.33. The van der Waals surface area contributed by atoms with Gasteiger partial charge in [0.2, 0.25) is 0 Å². The fourth-order valence-corrected chi connectivity index (χ4v) is 3.59. The quantitative estimate of drug-likeness (QED) is 0.576. The molecular formula is C22H22Cl2N2O5. The van der Waals surface area contributed by atoms with Gasteiger partial charge in [0, 0.05) is 5.70 Å². The summed E-state index contributed by atoms with van der Waals surface area (Å²) in [7, 11) is 2.82. The minimum absolute atomic E-state index is 0.254. The van der Waals surface area contributed by atoms with E-state index in [1.54, 1.807) is 30.3 Å². The van der Waals surface area contributed by atoms with E-state index in [2.05, 4.69) is 10.6 Å².